The van der Waals surface area contributed by atoms with Gasteiger partial charge in [0.25, 0.3) is 0 Å². The Balaban J connectivity index is 1.70. The fourth-order valence-electron chi connectivity index (χ4n) is 2.63. The molecule has 2 aromatic rings. The number of benzene rings is 1. The first-order valence-corrected chi connectivity index (χ1v) is 8.26. The fourth-order valence-corrected chi connectivity index (χ4v) is 2.90. The van der Waals surface area contributed by atoms with Crippen LogP contribution in [0.5, 0.6) is 5.75 Å². The summed E-state index contributed by atoms with van der Waals surface area (Å²) in [5.74, 6) is 0.934. The van der Waals surface area contributed by atoms with Gasteiger partial charge in [0, 0.05) is 12.2 Å². The number of nitrogen functional groups attached to an aromatic ring is 1. The van der Waals surface area contributed by atoms with Crippen LogP contribution in [0.2, 0.25) is 5.02 Å². The van der Waals surface area contributed by atoms with Gasteiger partial charge in [0.1, 0.15) is 12.4 Å². The van der Waals surface area contributed by atoms with E-state index in [0.29, 0.717) is 17.3 Å². The first kappa shape index (κ1) is 16.8. The van der Waals surface area contributed by atoms with Gasteiger partial charge in [0.05, 0.1) is 22.5 Å². The number of hydrogen-bond donors (Lipinski definition) is 3. The van der Waals surface area contributed by atoms with E-state index in [4.69, 9.17) is 32.0 Å². The van der Waals surface area contributed by atoms with Crippen LogP contribution >= 0.6 is 11.6 Å². The zero-order valence-electron chi connectivity index (χ0n) is 13.2. The van der Waals surface area contributed by atoms with Crippen molar-refractivity contribution in [1.82, 2.24) is 4.98 Å². The van der Waals surface area contributed by atoms with Gasteiger partial charge < -0.3 is 15.2 Å². The Morgan fingerprint density at radius 1 is 1.33 bits per heavy atom. The number of ether oxygens (including phenoxy) is 2. The van der Waals surface area contributed by atoms with Crippen molar-refractivity contribution < 1.29 is 14.7 Å². The van der Waals surface area contributed by atoms with Gasteiger partial charge in [0.2, 0.25) is 0 Å². The van der Waals surface area contributed by atoms with Crippen LogP contribution in [0, 0.1) is 0 Å². The van der Waals surface area contributed by atoms with Crippen LogP contribution in [0.3, 0.4) is 0 Å². The van der Waals surface area contributed by atoms with Gasteiger partial charge in [-0.3, -0.25) is 10.7 Å². The minimum Gasteiger partial charge on any atom is -0.491 e. The van der Waals surface area contributed by atoms with E-state index in [1.165, 1.54) is 6.42 Å². The minimum absolute atomic E-state index is 0.171. The van der Waals surface area contributed by atoms with E-state index in [9.17, 15) is 0 Å². The van der Waals surface area contributed by atoms with E-state index >= 15 is 0 Å². The summed E-state index contributed by atoms with van der Waals surface area (Å²) in [5, 5.41) is 9.46. The standard InChI is InChI=1S/C17H20ClN3O3/c18-14-9-15(19)17(21-22)20-16(14)11-4-6-12(7-5-11)24-10-13-3-1-2-8-23-13/h4-7,9,13,22H,1-3,8,10,19H2,(H,20,21). The van der Waals surface area contributed by atoms with Crippen molar-refractivity contribution in [2.24, 2.45) is 0 Å². The van der Waals surface area contributed by atoms with Crippen molar-refractivity contribution in [2.45, 2.75) is 25.4 Å². The lowest BCUT2D eigenvalue weighted by Gasteiger charge is -2.22. The molecule has 0 spiro atoms. The van der Waals surface area contributed by atoms with Gasteiger partial charge in [-0.1, -0.05) is 11.6 Å². The van der Waals surface area contributed by atoms with Crippen LogP contribution in [0.15, 0.2) is 30.3 Å². The molecule has 1 aromatic carbocycles. The Hall–Kier alpha value is -2.02. The average Bonchev–Trinajstić information content (AvgIpc) is 2.62. The fraction of sp³-hybridized carbons (Fsp3) is 0.353. The van der Waals surface area contributed by atoms with E-state index in [1.807, 2.05) is 29.7 Å². The summed E-state index contributed by atoms with van der Waals surface area (Å²) >= 11 is 6.20. The second-order valence-corrected chi connectivity index (χ2v) is 6.10. The van der Waals surface area contributed by atoms with Crippen molar-refractivity contribution in [3.05, 3.63) is 35.4 Å². The number of nitrogens with one attached hydrogen (secondary N) is 1. The topological polar surface area (TPSA) is 89.6 Å². The van der Waals surface area contributed by atoms with Crippen LogP contribution in [0.1, 0.15) is 19.3 Å². The van der Waals surface area contributed by atoms with Crippen molar-refractivity contribution in [3.8, 4) is 17.0 Å². The van der Waals surface area contributed by atoms with Gasteiger partial charge in [-0.25, -0.2) is 4.98 Å². The molecule has 0 radical (unpaired) electrons. The molecule has 6 nitrogen and oxygen atoms in total. The lowest BCUT2D eigenvalue weighted by molar-refractivity contribution is -0.0110. The number of halogens is 1. The summed E-state index contributed by atoms with van der Waals surface area (Å²) in [6.45, 7) is 1.37. The number of hydrogen-bond acceptors (Lipinski definition) is 6. The molecular formula is C17H20ClN3O3. The summed E-state index contributed by atoms with van der Waals surface area (Å²) in [6, 6.07) is 9.00. The molecule has 0 aliphatic carbocycles. The largest absolute Gasteiger partial charge is 0.491 e. The van der Waals surface area contributed by atoms with Crippen LogP contribution < -0.4 is 16.0 Å². The summed E-state index contributed by atoms with van der Waals surface area (Å²) < 4.78 is 11.4. The molecule has 1 atom stereocenters. The van der Waals surface area contributed by atoms with Gasteiger partial charge in [-0.2, -0.15) is 0 Å². The molecule has 1 aromatic heterocycles. The van der Waals surface area contributed by atoms with Crippen molar-refractivity contribution in [2.75, 3.05) is 24.4 Å². The molecule has 0 bridgehead atoms. The molecule has 3 rings (SSSR count). The highest BCUT2D eigenvalue weighted by molar-refractivity contribution is 6.33. The van der Waals surface area contributed by atoms with Gasteiger partial charge in [-0.15, -0.1) is 0 Å². The lowest BCUT2D eigenvalue weighted by Crippen LogP contribution is -2.25. The maximum Gasteiger partial charge on any atom is 0.173 e. The Morgan fingerprint density at radius 3 is 2.79 bits per heavy atom. The van der Waals surface area contributed by atoms with E-state index in [-0.39, 0.29) is 17.6 Å². The van der Waals surface area contributed by atoms with Crippen LogP contribution in [-0.2, 0) is 4.74 Å². The minimum atomic E-state index is 0.171. The smallest absolute Gasteiger partial charge is 0.173 e. The molecule has 24 heavy (non-hydrogen) atoms. The quantitative estimate of drug-likeness (QED) is 0.712. The summed E-state index contributed by atoms with van der Waals surface area (Å²) in [6.07, 6.45) is 3.53. The number of nitrogens with two attached hydrogens (primary N) is 1. The molecule has 0 saturated carbocycles. The van der Waals surface area contributed by atoms with Gasteiger partial charge in [0.15, 0.2) is 5.82 Å². The first-order valence-electron chi connectivity index (χ1n) is 7.88. The second-order valence-electron chi connectivity index (χ2n) is 5.69. The molecule has 1 aliphatic heterocycles. The zero-order valence-corrected chi connectivity index (χ0v) is 13.9. The molecule has 1 fully saturated rings. The highest BCUT2D eigenvalue weighted by Crippen LogP contribution is 2.32. The zero-order chi connectivity index (χ0) is 16.9. The summed E-state index contributed by atoms with van der Waals surface area (Å²) in [4.78, 5) is 4.23. The third kappa shape index (κ3) is 3.90. The predicted molar refractivity (Wildman–Crippen MR) is 93.6 cm³/mol. The molecule has 0 amide bonds. The molecule has 128 valence electrons. The first-order chi connectivity index (χ1) is 11.7. The summed E-state index contributed by atoms with van der Waals surface area (Å²) in [5.41, 5.74) is 9.29. The van der Waals surface area contributed by atoms with E-state index in [0.717, 1.165) is 30.8 Å². The highest BCUT2D eigenvalue weighted by Gasteiger charge is 2.15. The van der Waals surface area contributed by atoms with Gasteiger partial charge >= 0.3 is 0 Å². The van der Waals surface area contributed by atoms with Crippen molar-refractivity contribution in [3.63, 3.8) is 0 Å². The molecule has 7 heteroatoms. The van der Waals surface area contributed by atoms with Crippen LogP contribution in [-0.4, -0.2) is 29.5 Å². The van der Waals surface area contributed by atoms with Crippen molar-refractivity contribution in [1.29, 1.82) is 0 Å². The maximum absolute atomic E-state index is 9.05. The lowest BCUT2D eigenvalue weighted by atomic mass is 10.1. The third-order valence-corrected chi connectivity index (χ3v) is 4.24. The highest BCUT2D eigenvalue weighted by atomic mass is 35.5. The molecule has 1 unspecified atom stereocenters. The van der Waals surface area contributed by atoms with E-state index in [1.54, 1.807) is 6.07 Å². The molecule has 1 saturated heterocycles. The molecule has 1 aliphatic rings. The molecular weight excluding hydrogens is 330 g/mol. The second kappa shape index (κ2) is 7.70. The van der Waals surface area contributed by atoms with Gasteiger partial charge in [-0.05, 0) is 49.6 Å². The van der Waals surface area contributed by atoms with Crippen LogP contribution in [0.4, 0.5) is 11.5 Å². The van der Waals surface area contributed by atoms with E-state index < -0.39 is 0 Å². The molecule has 2 heterocycles. The van der Waals surface area contributed by atoms with Crippen molar-refractivity contribution >= 4 is 23.1 Å². The number of anilines is 2. The normalized spacial score (nSPS) is 17.5. The predicted octanol–water partition coefficient (Wildman–Crippen LogP) is 3.73. The number of rotatable bonds is 5. The Kier molecular flexibility index (Phi) is 5.40. The van der Waals surface area contributed by atoms with E-state index in [2.05, 4.69) is 4.98 Å². The summed E-state index contributed by atoms with van der Waals surface area (Å²) in [7, 11) is 0. The number of pyridine rings is 1. The number of aromatic nitrogens is 1. The van der Waals surface area contributed by atoms with Crippen LogP contribution in [0.25, 0.3) is 11.3 Å². The third-order valence-electron chi connectivity index (χ3n) is 3.95. The Labute approximate surface area is 145 Å². The number of nitrogens with zero attached hydrogens (tertiary/aromatic N) is 1. The average molecular weight is 350 g/mol. The Bertz CT molecular complexity index is 688. The molecule has 4 N–H and O–H groups in total. The Morgan fingerprint density at radius 2 is 2.12 bits per heavy atom. The maximum atomic E-state index is 9.05. The monoisotopic (exact) mass is 349 g/mol. The SMILES string of the molecule is Nc1cc(Cl)c(-c2ccc(OCC3CCCCO3)cc2)nc1NO.